The molecule has 4 rings (SSSR count). The van der Waals surface area contributed by atoms with Crippen LogP contribution in [0.2, 0.25) is 0 Å². The molecule has 1 N–H and O–H groups in total. The number of rotatable bonds is 5. The van der Waals surface area contributed by atoms with E-state index in [9.17, 15) is 12.8 Å². The third-order valence-corrected chi connectivity index (χ3v) is 6.06. The fourth-order valence-corrected chi connectivity index (χ4v) is 4.13. The molecular weight excluding hydrogens is 391 g/mol. The van der Waals surface area contributed by atoms with Gasteiger partial charge >= 0.3 is 0 Å². The van der Waals surface area contributed by atoms with Gasteiger partial charge in [-0.1, -0.05) is 36.4 Å². The Labute approximate surface area is 167 Å². The van der Waals surface area contributed by atoms with Crippen molar-refractivity contribution in [2.24, 2.45) is 0 Å². The van der Waals surface area contributed by atoms with Gasteiger partial charge in [0, 0.05) is 11.3 Å². The van der Waals surface area contributed by atoms with Gasteiger partial charge in [0.15, 0.2) is 0 Å². The Balaban J connectivity index is 1.87. The van der Waals surface area contributed by atoms with E-state index >= 15 is 0 Å². The maximum Gasteiger partial charge on any atom is 0.238 e. The molecule has 7 heteroatoms. The molecule has 3 aromatic carbocycles. The van der Waals surface area contributed by atoms with Crippen LogP contribution in [0.25, 0.3) is 11.5 Å². The maximum atomic E-state index is 13.3. The summed E-state index contributed by atoms with van der Waals surface area (Å²) in [4.78, 5) is 4.23. The largest absolute Gasteiger partial charge is 0.419 e. The number of sulfone groups is 1. The highest BCUT2D eigenvalue weighted by Crippen LogP contribution is 2.35. The predicted octanol–water partition coefficient (Wildman–Crippen LogP) is 5.37. The summed E-state index contributed by atoms with van der Waals surface area (Å²) in [5.41, 5.74) is 2.23. The molecule has 1 heterocycles. The first-order valence-corrected chi connectivity index (χ1v) is 10.3. The molecule has 5 nitrogen and oxygen atoms in total. The first-order valence-electron chi connectivity index (χ1n) is 8.85. The lowest BCUT2D eigenvalue weighted by Gasteiger charge is -2.06. The Morgan fingerprint density at radius 3 is 2.24 bits per heavy atom. The van der Waals surface area contributed by atoms with Crippen LogP contribution in [-0.4, -0.2) is 13.4 Å². The van der Waals surface area contributed by atoms with Crippen molar-refractivity contribution in [3.63, 3.8) is 0 Å². The second-order valence-corrected chi connectivity index (χ2v) is 8.28. The van der Waals surface area contributed by atoms with Gasteiger partial charge in [-0.2, -0.15) is 4.98 Å². The fraction of sp³-hybridized carbons (Fsp3) is 0.0455. The van der Waals surface area contributed by atoms with Crippen LogP contribution in [0.1, 0.15) is 5.56 Å². The van der Waals surface area contributed by atoms with E-state index in [2.05, 4.69) is 10.3 Å². The minimum atomic E-state index is -4.04. The van der Waals surface area contributed by atoms with Gasteiger partial charge in [-0.25, -0.2) is 12.8 Å². The van der Waals surface area contributed by atoms with Crippen molar-refractivity contribution in [2.45, 2.75) is 16.8 Å². The third kappa shape index (κ3) is 3.77. The molecule has 0 saturated carbocycles. The number of nitrogens with one attached hydrogen (secondary N) is 1. The van der Waals surface area contributed by atoms with Gasteiger partial charge in [0.05, 0.1) is 4.90 Å². The van der Waals surface area contributed by atoms with Crippen molar-refractivity contribution in [1.29, 1.82) is 0 Å². The molecule has 0 aliphatic carbocycles. The van der Waals surface area contributed by atoms with Gasteiger partial charge < -0.3 is 9.73 Å². The van der Waals surface area contributed by atoms with E-state index in [1.165, 1.54) is 12.1 Å². The van der Waals surface area contributed by atoms with Gasteiger partial charge in [-0.05, 0) is 55.0 Å². The average Bonchev–Trinajstić information content (AvgIpc) is 3.14. The number of hydrogen-bond acceptors (Lipinski definition) is 5. The van der Waals surface area contributed by atoms with E-state index in [1.807, 2.05) is 49.4 Å². The molecule has 0 amide bonds. The zero-order chi connectivity index (χ0) is 20.4. The van der Waals surface area contributed by atoms with Gasteiger partial charge in [0.25, 0.3) is 0 Å². The number of para-hydroxylation sites is 1. The smallest absolute Gasteiger partial charge is 0.238 e. The fourth-order valence-electron chi connectivity index (χ4n) is 2.87. The van der Waals surface area contributed by atoms with E-state index < -0.39 is 15.7 Å². The van der Waals surface area contributed by atoms with E-state index in [0.29, 0.717) is 11.3 Å². The van der Waals surface area contributed by atoms with Crippen molar-refractivity contribution in [3.8, 4) is 11.5 Å². The highest BCUT2D eigenvalue weighted by Gasteiger charge is 2.29. The number of anilines is 2. The topological polar surface area (TPSA) is 72.2 Å². The molecule has 0 unspecified atom stereocenters. The summed E-state index contributed by atoms with van der Waals surface area (Å²) in [5.74, 6) is -0.340. The van der Waals surface area contributed by atoms with Gasteiger partial charge in [-0.3, -0.25) is 0 Å². The Morgan fingerprint density at radius 1 is 0.897 bits per heavy atom. The number of hydrogen-bond donors (Lipinski definition) is 1. The number of benzene rings is 3. The zero-order valence-electron chi connectivity index (χ0n) is 15.5. The van der Waals surface area contributed by atoms with Gasteiger partial charge in [0.1, 0.15) is 5.82 Å². The van der Waals surface area contributed by atoms with Crippen LogP contribution in [0.5, 0.6) is 0 Å². The van der Waals surface area contributed by atoms with Crippen LogP contribution in [0.3, 0.4) is 0 Å². The highest BCUT2D eigenvalue weighted by atomic mass is 32.2. The van der Waals surface area contributed by atoms with Crippen molar-refractivity contribution in [1.82, 2.24) is 4.98 Å². The summed E-state index contributed by atoms with van der Waals surface area (Å²) in [5, 5.41) is 2.73. The number of aryl methyl sites for hydroxylation is 1. The Kier molecular flexibility index (Phi) is 4.90. The highest BCUT2D eigenvalue weighted by molar-refractivity contribution is 7.91. The summed E-state index contributed by atoms with van der Waals surface area (Å²) >= 11 is 0. The Hall–Kier alpha value is -3.45. The van der Waals surface area contributed by atoms with E-state index in [-0.39, 0.29) is 21.7 Å². The Bertz CT molecular complexity index is 1250. The molecule has 0 fully saturated rings. The SMILES string of the molecule is Cc1ccccc1-c1nc(S(=O)(=O)c2ccc(F)cc2)c(Nc2ccccc2)o1. The lowest BCUT2D eigenvalue weighted by Crippen LogP contribution is -2.05. The molecule has 1 aromatic heterocycles. The molecule has 0 aliphatic heterocycles. The summed E-state index contributed by atoms with van der Waals surface area (Å²) in [6.07, 6.45) is 0. The summed E-state index contributed by atoms with van der Waals surface area (Å²) in [6.45, 7) is 1.89. The van der Waals surface area contributed by atoms with Crippen LogP contribution < -0.4 is 5.32 Å². The number of nitrogens with zero attached hydrogens (tertiary/aromatic N) is 1. The standard InChI is InChI=1S/C22H17FN2O3S/c1-15-7-5-6-10-19(15)20-25-22(21(28-20)24-17-8-3-2-4-9-17)29(26,27)18-13-11-16(23)12-14-18/h2-14,24H,1H3. The van der Waals surface area contributed by atoms with Crippen LogP contribution in [0.15, 0.2) is 93.2 Å². The van der Waals surface area contributed by atoms with Crippen LogP contribution >= 0.6 is 0 Å². The second-order valence-electron chi connectivity index (χ2n) is 6.42. The quantitative estimate of drug-likeness (QED) is 0.450. The third-order valence-electron chi connectivity index (χ3n) is 4.38. The van der Waals surface area contributed by atoms with E-state index in [0.717, 1.165) is 17.7 Å². The van der Waals surface area contributed by atoms with Crippen molar-refractivity contribution in [3.05, 3.63) is 90.2 Å². The van der Waals surface area contributed by atoms with E-state index in [4.69, 9.17) is 4.42 Å². The minimum absolute atomic E-state index is 0.00113. The van der Waals surface area contributed by atoms with Gasteiger partial charge in [-0.15, -0.1) is 0 Å². The molecule has 0 spiro atoms. The normalized spacial score (nSPS) is 11.4. The molecule has 0 aliphatic rings. The lowest BCUT2D eigenvalue weighted by atomic mass is 10.1. The second kappa shape index (κ2) is 7.52. The lowest BCUT2D eigenvalue weighted by molar-refractivity contribution is 0.581. The molecule has 0 bridgehead atoms. The summed E-state index contributed by atoms with van der Waals surface area (Å²) in [6, 6.07) is 21.0. The average molecular weight is 408 g/mol. The summed E-state index contributed by atoms with van der Waals surface area (Å²) < 4.78 is 45.5. The molecule has 146 valence electrons. The molecule has 0 saturated heterocycles. The van der Waals surface area contributed by atoms with Crippen molar-refractivity contribution in [2.75, 3.05) is 5.32 Å². The van der Waals surface area contributed by atoms with Crippen molar-refractivity contribution < 1.29 is 17.2 Å². The molecular formula is C22H17FN2O3S. The van der Waals surface area contributed by atoms with Crippen LogP contribution in [-0.2, 0) is 9.84 Å². The molecule has 0 atom stereocenters. The van der Waals surface area contributed by atoms with Crippen LogP contribution in [0, 0.1) is 12.7 Å². The van der Waals surface area contributed by atoms with E-state index in [1.54, 1.807) is 12.1 Å². The first kappa shape index (κ1) is 18.9. The molecule has 4 aromatic rings. The molecule has 29 heavy (non-hydrogen) atoms. The van der Waals surface area contributed by atoms with Crippen molar-refractivity contribution >= 4 is 21.4 Å². The maximum absolute atomic E-state index is 13.3. The predicted molar refractivity (Wildman–Crippen MR) is 108 cm³/mol. The molecule has 0 radical (unpaired) electrons. The first-order chi connectivity index (χ1) is 13.9. The zero-order valence-corrected chi connectivity index (χ0v) is 16.3. The summed E-state index contributed by atoms with van der Waals surface area (Å²) in [7, 11) is -4.04. The van der Waals surface area contributed by atoms with Crippen LogP contribution in [0.4, 0.5) is 16.0 Å². The minimum Gasteiger partial charge on any atom is -0.419 e. The number of halogens is 1. The monoisotopic (exact) mass is 408 g/mol. The Morgan fingerprint density at radius 2 is 1.55 bits per heavy atom. The number of aromatic nitrogens is 1. The van der Waals surface area contributed by atoms with Gasteiger partial charge in [0.2, 0.25) is 26.6 Å². The number of oxazole rings is 1.